The van der Waals surface area contributed by atoms with E-state index in [-0.39, 0.29) is 11.5 Å². The normalized spacial score (nSPS) is 17.5. The van der Waals surface area contributed by atoms with Gasteiger partial charge in [-0.2, -0.15) is 0 Å². The van der Waals surface area contributed by atoms with Crippen molar-refractivity contribution < 1.29 is 5.11 Å². The summed E-state index contributed by atoms with van der Waals surface area (Å²) in [5, 5.41) is 10.3. The molecule has 1 atom stereocenters. The number of fused-ring (bicyclic) bond motifs is 1. The number of aryl methyl sites for hydroxylation is 2. The van der Waals surface area contributed by atoms with Crippen LogP contribution in [0.4, 0.5) is 5.69 Å². The highest BCUT2D eigenvalue weighted by atomic mass is 16.3. The van der Waals surface area contributed by atoms with Crippen LogP contribution in [-0.2, 0) is 6.42 Å². The van der Waals surface area contributed by atoms with Crippen LogP contribution in [0.3, 0.4) is 0 Å². The topological polar surface area (TPSA) is 23.5 Å². The van der Waals surface area contributed by atoms with Gasteiger partial charge in [0.15, 0.2) is 0 Å². The Balaban J connectivity index is 2.18. The summed E-state index contributed by atoms with van der Waals surface area (Å²) in [6.07, 6.45) is 2.07. The lowest BCUT2D eigenvalue weighted by Crippen LogP contribution is -2.41. The lowest BCUT2D eigenvalue weighted by atomic mass is 9.88. The molecule has 1 aliphatic heterocycles. The van der Waals surface area contributed by atoms with Gasteiger partial charge in [0.25, 0.3) is 0 Å². The van der Waals surface area contributed by atoms with Crippen LogP contribution in [0.25, 0.3) is 0 Å². The van der Waals surface area contributed by atoms with Crippen molar-refractivity contribution in [2.24, 2.45) is 5.41 Å². The van der Waals surface area contributed by atoms with Crippen LogP contribution in [-0.4, -0.2) is 24.3 Å². The van der Waals surface area contributed by atoms with Gasteiger partial charge in [0, 0.05) is 18.8 Å². The summed E-state index contributed by atoms with van der Waals surface area (Å²) in [4.78, 5) is 2.34. The van der Waals surface area contributed by atoms with E-state index in [4.69, 9.17) is 0 Å². The van der Waals surface area contributed by atoms with E-state index in [1.807, 2.05) is 0 Å². The largest absolute Gasteiger partial charge is 0.391 e. The second-order valence-electron chi connectivity index (χ2n) is 6.56. The molecule has 0 spiro atoms. The maximum atomic E-state index is 10.3. The van der Waals surface area contributed by atoms with Crippen LogP contribution in [0.15, 0.2) is 18.2 Å². The number of nitrogens with zero attached hydrogens (tertiary/aromatic N) is 1. The fourth-order valence-corrected chi connectivity index (χ4v) is 2.48. The van der Waals surface area contributed by atoms with Gasteiger partial charge < -0.3 is 10.0 Å². The van der Waals surface area contributed by atoms with Crippen LogP contribution < -0.4 is 4.90 Å². The molecule has 2 nitrogen and oxygen atoms in total. The van der Waals surface area contributed by atoms with Crippen LogP contribution in [0.2, 0.25) is 0 Å². The summed E-state index contributed by atoms with van der Waals surface area (Å²) in [5.74, 6) is 0. The van der Waals surface area contributed by atoms with Crippen molar-refractivity contribution in [3.05, 3.63) is 29.3 Å². The van der Waals surface area contributed by atoms with Crippen molar-refractivity contribution in [2.45, 2.75) is 46.6 Å². The molecule has 1 aromatic carbocycles. The average Bonchev–Trinajstić information content (AvgIpc) is 2.27. The minimum Gasteiger partial charge on any atom is -0.391 e. The molecule has 0 fully saturated rings. The molecular weight excluding hydrogens is 222 g/mol. The van der Waals surface area contributed by atoms with Crippen molar-refractivity contribution in [1.29, 1.82) is 0 Å². The van der Waals surface area contributed by atoms with Gasteiger partial charge in [-0.1, -0.05) is 38.5 Å². The van der Waals surface area contributed by atoms with Crippen molar-refractivity contribution in [3.8, 4) is 0 Å². The zero-order chi connectivity index (χ0) is 13.3. The highest BCUT2D eigenvalue weighted by Gasteiger charge is 2.26. The molecule has 0 aliphatic carbocycles. The highest BCUT2D eigenvalue weighted by molar-refractivity contribution is 5.56. The zero-order valence-electron chi connectivity index (χ0n) is 12.0. The molecule has 1 aromatic rings. The van der Waals surface area contributed by atoms with Crippen LogP contribution >= 0.6 is 0 Å². The van der Waals surface area contributed by atoms with Crippen LogP contribution in [0.5, 0.6) is 0 Å². The van der Waals surface area contributed by atoms with E-state index in [1.54, 1.807) is 0 Å². The van der Waals surface area contributed by atoms with Gasteiger partial charge in [-0.05, 0) is 36.8 Å². The molecular formula is C16H25NO. The first-order valence-corrected chi connectivity index (χ1v) is 6.90. The monoisotopic (exact) mass is 247 g/mol. The number of β-amino-alcohol motifs (C(OH)–C–C–N with tert-alkyl or cyclic N) is 1. The number of aliphatic hydroxyl groups excluding tert-OH is 1. The zero-order valence-corrected chi connectivity index (χ0v) is 12.0. The van der Waals surface area contributed by atoms with E-state index in [0.717, 1.165) is 13.1 Å². The Labute approximate surface area is 111 Å². The molecule has 0 amide bonds. The first kappa shape index (κ1) is 13.4. The standard InChI is InChI=1S/C16H25NO/c1-12-7-8-14-13(10-12)6-5-9-17(14)11-15(18)16(2,3)4/h7-8,10,15,18H,5-6,9,11H2,1-4H3. The molecule has 2 rings (SSSR count). The summed E-state index contributed by atoms with van der Waals surface area (Å²) in [5.41, 5.74) is 4.02. The van der Waals surface area contributed by atoms with E-state index in [2.05, 4.69) is 50.8 Å². The molecule has 0 aromatic heterocycles. The molecule has 0 saturated carbocycles. The summed E-state index contributed by atoms with van der Waals surface area (Å²) in [6.45, 7) is 10.2. The third-order valence-electron chi connectivity index (χ3n) is 3.84. The number of aliphatic hydroxyl groups is 1. The molecule has 2 heteroatoms. The Morgan fingerprint density at radius 2 is 2.06 bits per heavy atom. The minimum absolute atomic E-state index is 0.0533. The van der Waals surface area contributed by atoms with E-state index >= 15 is 0 Å². The maximum Gasteiger partial charge on any atom is 0.0763 e. The SMILES string of the molecule is Cc1ccc2c(c1)CCCN2CC(O)C(C)(C)C. The van der Waals surface area contributed by atoms with Gasteiger partial charge >= 0.3 is 0 Å². The summed E-state index contributed by atoms with van der Waals surface area (Å²) in [6, 6.07) is 6.66. The molecule has 18 heavy (non-hydrogen) atoms. The van der Waals surface area contributed by atoms with Gasteiger partial charge in [-0.3, -0.25) is 0 Å². The molecule has 0 saturated heterocycles. The Morgan fingerprint density at radius 1 is 1.33 bits per heavy atom. The predicted octanol–water partition coefficient (Wildman–Crippen LogP) is 3.15. The first-order chi connectivity index (χ1) is 8.38. The third kappa shape index (κ3) is 2.86. The van der Waals surface area contributed by atoms with E-state index in [1.165, 1.54) is 29.7 Å². The second-order valence-corrected chi connectivity index (χ2v) is 6.56. The number of benzene rings is 1. The van der Waals surface area contributed by atoms with E-state index in [9.17, 15) is 5.11 Å². The van der Waals surface area contributed by atoms with Gasteiger partial charge in [-0.25, -0.2) is 0 Å². The van der Waals surface area contributed by atoms with E-state index in [0.29, 0.717) is 0 Å². The number of hydrogen-bond acceptors (Lipinski definition) is 2. The Hall–Kier alpha value is -1.02. The van der Waals surface area contributed by atoms with Gasteiger partial charge in [0.1, 0.15) is 0 Å². The Bertz CT molecular complexity index is 420. The number of anilines is 1. The molecule has 0 radical (unpaired) electrons. The maximum absolute atomic E-state index is 10.3. The Kier molecular flexibility index (Phi) is 3.67. The molecule has 0 bridgehead atoms. The number of hydrogen-bond donors (Lipinski definition) is 1. The smallest absolute Gasteiger partial charge is 0.0763 e. The molecule has 1 N–H and O–H groups in total. The summed E-state index contributed by atoms with van der Waals surface area (Å²) >= 11 is 0. The fraction of sp³-hybridized carbons (Fsp3) is 0.625. The van der Waals surface area contributed by atoms with Crippen molar-refractivity contribution >= 4 is 5.69 Å². The minimum atomic E-state index is -0.287. The van der Waals surface area contributed by atoms with Crippen molar-refractivity contribution in [3.63, 3.8) is 0 Å². The van der Waals surface area contributed by atoms with Crippen molar-refractivity contribution in [2.75, 3.05) is 18.0 Å². The fourth-order valence-electron chi connectivity index (χ4n) is 2.48. The lowest BCUT2D eigenvalue weighted by molar-refractivity contribution is 0.0686. The average molecular weight is 247 g/mol. The molecule has 1 aliphatic rings. The molecule has 1 unspecified atom stereocenters. The second kappa shape index (κ2) is 4.93. The number of rotatable bonds is 2. The Morgan fingerprint density at radius 3 is 2.72 bits per heavy atom. The quantitative estimate of drug-likeness (QED) is 0.868. The lowest BCUT2D eigenvalue weighted by Gasteiger charge is -2.36. The molecule has 1 heterocycles. The summed E-state index contributed by atoms with van der Waals surface area (Å²) in [7, 11) is 0. The predicted molar refractivity (Wildman–Crippen MR) is 77.2 cm³/mol. The van der Waals surface area contributed by atoms with Crippen LogP contribution in [0.1, 0.15) is 38.3 Å². The first-order valence-electron chi connectivity index (χ1n) is 6.90. The molecule has 100 valence electrons. The highest BCUT2D eigenvalue weighted by Crippen LogP contribution is 2.30. The van der Waals surface area contributed by atoms with Gasteiger partial charge in [0.05, 0.1) is 6.10 Å². The third-order valence-corrected chi connectivity index (χ3v) is 3.84. The van der Waals surface area contributed by atoms with E-state index < -0.39 is 0 Å². The summed E-state index contributed by atoms with van der Waals surface area (Å²) < 4.78 is 0. The van der Waals surface area contributed by atoms with Gasteiger partial charge in [0.2, 0.25) is 0 Å². The van der Waals surface area contributed by atoms with Crippen LogP contribution in [0, 0.1) is 12.3 Å². The van der Waals surface area contributed by atoms with Gasteiger partial charge in [-0.15, -0.1) is 0 Å². The van der Waals surface area contributed by atoms with Crippen molar-refractivity contribution in [1.82, 2.24) is 0 Å².